The molecule has 6 nitrogen and oxygen atoms in total. The van der Waals surface area contributed by atoms with Crippen LogP contribution in [0.15, 0.2) is 35.7 Å². The Kier molecular flexibility index (Phi) is 4.71. The van der Waals surface area contributed by atoms with Crippen molar-refractivity contribution >= 4 is 29.2 Å². The second kappa shape index (κ2) is 7.05. The minimum atomic E-state index is -1.03. The van der Waals surface area contributed by atoms with Gasteiger partial charge in [-0.05, 0) is 54.3 Å². The number of aryl methyl sites for hydroxylation is 2. The Morgan fingerprint density at radius 1 is 1.29 bits per heavy atom. The van der Waals surface area contributed by atoms with Gasteiger partial charge in [0.15, 0.2) is 0 Å². The maximum absolute atomic E-state index is 13.3. The molecule has 0 unspecified atom stereocenters. The average molecular weight is 398 g/mol. The Morgan fingerprint density at radius 2 is 2.07 bits per heavy atom. The molecule has 1 N–H and O–H groups in total. The van der Waals surface area contributed by atoms with Crippen molar-refractivity contribution in [1.29, 1.82) is 0 Å². The standard InChI is InChI=1S/C21H23N3O3S/c1-14-9-11-28-17(14)12-23(2)18(25)13-24-19(26)21(22-20(24)27)10-5-7-15-6-3-4-8-16(15)21/h3-4,6,8-9,11H,5,7,10,12-13H2,1-2H3,(H,22,27)/t21-/m0/s1. The van der Waals surface area contributed by atoms with Gasteiger partial charge in [-0.25, -0.2) is 4.79 Å². The van der Waals surface area contributed by atoms with E-state index in [0.29, 0.717) is 13.0 Å². The van der Waals surface area contributed by atoms with Gasteiger partial charge in [-0.3, -0.25) is 14.5 Å². The van der Waals surface area contributed by atoms with Gasteiger partial charge in [0.1, 0.15) is 12.1 Å². The number of likely N-dealkylation sites (N-methyl/N-ethyl adjacent to an activating group) is 1. The van der Waals surface area contributed by atoms with Crippen LogP contribution < -0.4 is 5.32 Å². The summed E-state index contributed by atoms with van der Waals surface area (Å²) in [4.78, 5) is 42.3. The number of amides is 4. The van der Waals surface area contributed by atoms with Gasteiger partial charge >= 0.3 is 6.03 Å². The summed E-state index contributed by atoms with van der Waals surface area (Å²) in [6, 6.07) is 9.26. The highest BCUT2D eigenvalue weighted by molar-refractivity contribution is 7.10. The van der Waals surface area contributed by atoms with Crippen molar-refractivity contribution in [3.8, 4) is 0 Å². The number of rotatable bonds is 4. The normalized spacial score (nSPS) is 21.0. The van der Waals surface area contributed by atoms with Crippen molar-refractivity contribution < 1.29 is 14.4 Å². The van der Waals surface area contributed by atoms with Gasteiger partial charge < -0.3 is 10.2 Å². The monoisotopic (exact) mass is 397 g/mol. The zero-order valence-electron chi connectivity index (χ0n) is 16.0. The van der Waals surface area contributed by atoms with E-state index in [1.165, 1.54) is 0 Å². The Balaban J connectivity index is 1.52. The van der Waals surface area contributed by atoms with E-state index in [1.807, 2.05) is 42.6 Å². The molecule has 1 fully saturated rings. The predicted octanol–water partition coefficient (Wildman–Crippen LogP) is 2.80. The zero-order valence-corrected chi connectivity index (χ0v) is 16.8. The summed E-state index contributed by atoms with van der Waals surface area (Å²) < 4.78 is 0. The van der Waals surface area contributed by atoms with Crippen molar-refractivity contribution in [2.75, 3.05) is 13.6 Å². The van der Waals surface area contributed by atoms with E-state index < -0.39 is 11.6 Å². The molecule has 2 heterocycles. The van der Waals surface area contributed by atoms with E-state index in [2.05, 4.69) is 5.32 Å². The lowest BCUT2D eigenvalue weighted by Crippen LogP contribution is -2.47. The summed E-state index contributed by atoms with van der Waals surface area (Å²) in [6.07, 6.45) is 2.27. The summed E-state index contributed by atoms with van der Waals surface area (Å²) in [7, 11) is 1.70. The molecule has 2 aromatic rings. The Morgan fingerprint density at radius 3 is 2.82 bits per heavy atom. The van der Waals surface area contributed by atoms with Crippen LogP contribution in [0.4, 0.5) is 4.79 Å². The zero-order chi connectivity index (χ0) is 19.9. The topological polar surface area (TPSA) is 69.7 Å². The van der Waals surface area contributed by atoms with E-state index >= 15 is 0 Å². The molecule has 1 spiro atoms. The lowest BCUT2D eigenvalue weighted by atomic mass is 9.76. The van der Waals surface area contributed by atoms with Crippen LogP contribution in [0.3, 0.4) is 0 Å². The summed E-state index contributed by atoms with van der Waals surface area (Å²) in [5.74, 6) is -0.573. The lowest BCUT2D eigenvalue weighted by Gasteiger charge is -2.33. The molecule has 1 aliphatic carbocycles. The number of carbonyl (C=O) groups is 3. The SMILES string of the molecule is Cc1ccsc1CN(C)C(=O)CN1C(=O)N[C@]2(CCCc3ccccc32)C1=O. The molecule has 1 saturated heterocycles. The molecule has 146 valence electrons. The Hall–Kier alpha value is -2.67. The van der Waals surface area contributed by atoms with Crippen LogP contribution in [-0.2, 0) is 28.1 Å². The number of thiophene rings is 1. The van der Waals surface area contributed by atoms with Crippen LogP contribution >= 0.6 is 11.3 Å². The molecule has 7 heteroatoms. The van der Waals surface area contributed by atoms with Crippen molar-refractivity contribution in [3.63, 3.8) is 0 Å². The summed E-state index contributed by atoms with van der Waals surface area (Å²) >= 11 is 1.60. The molecule has 28 heavy (non-hydrogen) atoms. The number of carbonyl (C=O) groups excluding carboxylic acids is 3. The third kappa shape index (κ3) is 2.99. The molecule has 4 rings (SSSR count). The molecule has 1 atom stereocenters. The molecule has 4 amide bonds. The van der Waals surface area contributed by atoms with Crippen molar-refractivity contribution in [1.82, 2.24) is 15.1 Å². The minimum Gasteiger partial charge on any atom is -0.339 e. The van der Waals surface area contributed by atoms with Crippen LogP contribution in [0.25, 0.3) is 0 Å². The number of hydrogen-bond donors (Lipinski definition) is 1. The van der Waals surface area contributed by atoms with Gasteiger partial charge in [0.2, 0.25) is 5.91 Å². The maximum Gasteiger partial charge on any atom is 0.325 e. The number of imide groups is 1. The fourth-order valence-electron chi connectivity index (χ4n) is 4.08. The second-order valence-corrected chi connectivity index (χ2v) is 8.51. The van der Waals surface area contributed by atoms with Crippen molar-refractivity contribution in [2.45, 2.75) is 38.3 Å². The van der Waals surface area contributed by atoms with Gasteiger partial charge in [-0.1, -0.05) is 24.3 Å². The predicted molar refractivity (Wildman–Crippen MR) is 107 cm³/mol. The molecule has 0 bridgehead atoms. The van der Waals surface area contributed by atoms with Crippen LogP contribution in [0.2, 0.25) is 0 Å². The molecule has 2 aliphatic rings. The van der Waals surface area contributed by atoms with Gasteiger partial charge in [-0.15, -0.1) is 11.3 Å². The van der Waals surface area contributed by atoms with E-state index in [1.54, 1.807) is 23.3 Å². The molecule has 1 aromatic carbocycles. The van der Waals surface area contributed by atoms with Gasteiger partial charge in [0.05, 0.1) is 6.54 Å². The first-order chi connectivity index (χ1) is 13.4. The van der Waals surface area contributed by atoms with E-state index in [-0.39, 0.29) is 18.4 Å². The van der Waals surface area contributed by atoms with Gasteiger partial charge in [-0.2, -0.15) is 0 Å². The first-order valence-corrected chi connectivity index (χ1v) is 10.3. The molecular weight excluding hydrogens is 374 g/mol. The van der Waals surface area contributed by atoms with Crippen LogP contribution in [0.5, 0.6) is 0 Å². The molecule has 1 aromatic heterocycles. The second-order valence-electron chi connectivity index (χ2n) is 7.51. The number of urea groups is 1. The highest BCUT2D eigenvalue weighted by Gasteiger charge is 2.54. The largest absolute Gasteiger partial charge is 0.339 e. The third-order valence-corrected chi connectivity index (χ3v) is 6.73. The highest BCUT2D eigenvalue weighted by atomic mass is 32.1. The van der Waals surface area contributed by atoms with Crippen molar-refractivity contribution in [2.24, 2.45) is 0 Å². The van der Waals surface area contributed by atoms with Crippen LogP contribution in [-0.4, -0.2) is 41.2 Å². The quantitative estimate of drug-likeness (QED) is 0.807. The summed E-state index contributed by atoms with van der Waals surface area (Å²) in [5, 5.41) is 4.88. The molecule has 1 aliphatic heterocycles. The first-order valence-electron chi connectivity index (χ1n) is 9.42. The maximum atomic E-state index is 13.3. The number of hydrogen-bond acceptors (Lipinski definition) is 4. The lowest BCUT2D eigenvalue weighted by molar-refractivity contribution is -0.139. The van der Waals surface area contributed by atoms with E-state index in [9.17, 15) is 14.4 Å². The summed E-state index contributed by atoms with van der Waals surface area (Å²) in [6.45, 7) is 2.24. The average Bonchev–Trinajstić information content (AvgIpc) is 3.18. The van der Waals surface area contributed by atoms with Crippen molar-refractivity contribution in [3.05, 3.63) is 57.3 Å². The number of benzene rings is 1. The summed E-state index contributed by atoms with van der Waals surface area (Å²) in [5.41, 5.74) is 2.05. The van der Waals surface area contributed by atoms with Crippen LogP contribution in [0.1, 0.15) is 34.4 Å². The van der Waals surface area contributed by atoms with Crippen LogP contribution in [0, 0.1) is 6.92 Å². The van der Waals surface area contributed by atoms with E-state index in [4.69, 9.17) is 0 Å². The van der Waals surface area contributed by atoms with Gasteiger partial charge in [0, 0.05) is 11.9 Å². The van der Waals surface area contributed by atoms with Gasteiger partial charge in [0.25, 0.3) is 5.91 Å². The molecule has 0 saturated carbocycles. The fourth-order valence-corrected chi connectivity index (χ4v) is 5.04. The first kappa shape index (κ1) is 18.7. The number of nitrogens with zero attached hydrogens (tertiary/aromatic N) is 2. The van der Waals surface area contributed by atoms with E-state index in [0.717, 1.165) is 39.3 Å². The molecule has 0 radical (unpaired) electrons. The number of fused-ring (bicyclic) bond motifs is 2. The smallest absolute Gasteiger partial charge is 0.325 e. The third-order valence-electron chi connectivity index (χ3n) is 5.72. The fraction of sp³-hybridized carbons (Fsp3) is 0.381. The molecular formula is C21H23N3O3S. The Bertz CT molecular complexity index is 954. The number of nitrogens with one attached hydrogen (secondary N) is 1. The Labute approximate surface area is 168 Å². The highest BCUT2D eigenvalue weighted by Crippen LogP contribution is 2.39. The minimum absolute atomic E-state index is 0.241.